The molecular weight excluding hydrogens is 368 g/mol. The molecule has 1 aliphatic heterocycles. The van der Waals surface area contributed by atoms with Crippen molar-refractivity contribution in [2.45, 2.75) is 24.9 Å². The maximum atomic E-state index is 12.4. The van der Waals surface area contributed by atoms with Crippen molar-refractivity contribution in [3.63, 3.8) is 0 Å². The van der Waals surface area contributed by atoms with Crippen LogP contribution in [0.5, 0.6) is 0 Å². The molecular formula is C17H18N6O5. The topological polar surface area (TPSA) is 154 Å². The number of nitrogens with one attached hydrogen (secondary N) is 3. The zero-order chi connectivity index (χ0) is 19.7. The predicted molar refractivity (Wildman–Crippen MR) is 98.9 cm³/mol. The number of para-hydroxylation sites is 1. The van der Waals surface area contributed by atoms with Crippen LogP contribution in [0.4, 0.5) is 16.3 Å². The number of rotatable bonds is 4. The van der Waals surface area contributed by atoms with Crippen molar-refractivity contribution in [3.05, 3.63) is 47.1 Å². The fourth-order valence-electron chi connectivity index (χ4n) is 3.13. The van der Waals surface area contributed by atoms with Crippen LogP contribution in [0.25, 0.3) is 11.2 Å². The average Bonchev–Trinajstić information content (AvgIpc) is 3.21. The van der Waals surface area contributed by atoms with Crippen LogP contribution in [0, 0.1) is 0 Å². The van der Waals surface area contributed by atoms with Gasteiger partial charge in [0.2, 0.25) is 0 Å². The molecule has 1 aromatic carbocycles. The summed E-state index contributed by atoms with van der Waals surface area (Å²) in [4.78, 5) is 35.4. The molecule has 0 spiro atoms. The lowest BCUT2D eigenvalue weighted by Crippen LogP contribution is -2.25. The number of benzene rings is 1. The van der Waals surface area contributed by atoms with E-state index in [9.17, 15) is 19.8 Å². The van der Waals surface area contributed by atoms with Crippen LogP contribution in [0.3, 0.4) is 0 Å². The van der Waals surface area contributed by atoms with Crippen molar-refractivity contribution in [1.82, 2.24) is 19.5 Å². The Morgan fingerprint density at radius 3 is 2.79 bits per heavy atom. The van der Waals surface area contributed by atoms with Crippen LogP contribution in [-0.4, -0.2) is 54.6 Å². The van der Waals surface area contributed by atoms with E-state index in [1.54, 1.807) is 24.3 Å². The number of aliphatic hydroxyl groups is 2. The summed E-state index contributed by atoms with van der Waals surface area (Å²) in [5.41, 5.74) is 0.504. The molecule has 3 aromatic rings. The Morgan fingerprint density at radius 2 is 2.07 bits per heavy atom. The molecule has 2 aromatic heterocycles. The van der Waals surface area contributed by atoms with Crippen LogP contribution in [0.2, 0.25) is 0 Å². The summed E-state index contributed by atoms with van der Waals surface area (Å²) >= 11 is 0. The third kappa shape index (κ3) is 3.33. The molecule has 0 bridgehead atoms. The van der Waals surface area contributed by atoms with Gasteiger partial charge in [0.15, 0.2) is 11.5 Å². The van der Waals surface area contributed by atoms with E-state index in [-0.39, 0.29) is 30.0 Å². The van der Waals surface area contributed by atoms with Crippen LogP contribution < -0.4 is 16.3 Å². The number of carbonyl (C=O) groups excluding carboxylic acids is 1. The highest BCUT2D eigenvalue weighted by molar-refractivity contribution is 6.02. The zero-order valence-corrected chi connectivity index (χ0v) is 14.6. The lowest BCUT2D eigenvalue weighted by Gasteiger charge is -2.13. The number of aromatic nitrogens is 4. The number of hydrogen-bond acceptors (Lipinski definition) is 7. The van der Waals surface area contributed by atoms with Crippen molar-refractivity contribution in [1.29, 1.82) is 0 Å². The summed E-state index contributed by atoms with van der Waals surface area (Å²) in [6.45, 7) is -0.365. The largest absolute Gasteiger partial charge is 0.394 e. The minimum atomic E-state index is -0.900. The number of amides is 2. The lowest BCUT2D eigenvalue weighted by molar-refractivity contribution is -0.0441. The van der Waals surface area contributed by atoms with Crippen molar-refractivity contribution in [2.24, 2.45) is 0 Å². The number of urea groups is 1. The molecule has 11 nitrogen and oxygen atoms in total. The van der Waals surface area contributed by atoms with Gasteiger partial charge >= 0.3 is 11.7 Å². The quantitative estimate of drug-likeness (QED) is 0.435. The second-order valence-electron chi connectivity index (χ2n) is 6.28. The van der Waals surface area contributed by atoms with E-state index in [2.05, 4.69) is 25.6 Å². The first-order chi connectivity index (χ1) is 13.6. The number of ether oxygens (including phenoxy) is 1. The average molecular weight is 386 g/mol. The highest BCUT2D eigenvalue weighted by Crippen LogP contribution is 2.30. The molecule has 1 aliphatic rings. The van der Waals surface area contributed by atoms with E-state index in [0.29, 0.717) is 5.69 Å². The minimum Gasteiger partial charge on any atom is -0.394 e. The van der Waals surface area contributed by atoms with Crippen LogP contribution in [-0.2, 0) is 4.74 Å². The monoisotopic (exact) mass is 386 g/mol. The third-order valence-electron chi connectivity index (χ3n) is 4.44. The maximum Gasteiger partial charge on any atom is 0.329 e. The highest BCUT2D eigenvalue weighted by Gasteiger charge is 2.36. The summed E-state index contributed by atoms with van der Waals surface area (Å²) in [5.74, 6) is 0.117. The Morgan fingerprint density at radius 1 is 1.29 bits per heavy atom. The Hall–Kier alpha value is -3.28. The maximum absolute atomic E-state index is 12.4. The number of anilines is 2. The number of carbonyl (C=O) groups is 1. The fraction of sp³-hybridized carbons (Fsp3) is 0.294. The number of aromatic amines is 1. The van der Waals surface area contributed by atoms with Crippen molar-refractivity contribution in [2.75, 3.05) is 17.2 Å². The highest BCUT2D eigenvalue weighted by atomic mass is 16.5. The molecule has 2 amide bonds. The van der Waals surface area contributed by atoms with Gasteiger partial charge in [0, 0.05) is 12.1 Å². The number of H-pyrrole nitrogens is 1. The number of fused-ring (bicyclic) bond motifs is 1. The number of nitrogens with zero attached hydrogens (tertiary/aromatic N) is 3. The first kappa shape index (κ1) is 18.1. The van der Waals surface area contributed by atoms with Crippen molar-refractivity contribution < 1.29 is 19.7 Å². The third-order valence-corrected chi connectivity index (χ3v) is 4.44. The fourth-order valence-corrected chi connectivity index (χ4v) is 3.13. The van der Waals surface area contributed by atoms with Crippen LogP contribution in [0.1, 0.15) is 12.6 Å². The van der Waals surface area contributed by atoms with E-state index in [1.807, 2.05) is 6.07 Å². The van der Waals surface area contributed by atoms with Crippen molar-refractivity contribution >= 4 is 28.7 Å². The van der Waals surface area contributed by atoms with E-state index in [1.165, 1.54) is 10.9 Å². The predicted octanol–water partition coefficient (Wildman–Crippen LogP) is 0.404. The standard InChI is InChI=1S/C17H18N6O5/c24-7-11-10(25)6-12(28-11)23-15-13(21-17(23)27)14(18-8-19-15)22-16(26)20-9-4-2-1-3-5-9/h1-5,8,10-12,24-25H,6-7H2,(H,21,27)(H2,18,19,20,22,26)/t10-,11?,12-/m1/s1. The normalized spacial score (nSPS) is 21.7. The summed E-state index contributed by atoms with van der Waals surface area (Å²) in [5, 5.41) is 24.4. The van der Waals surface area contributed by atoms with Crippen molar-refractivity contribution in [3.8, 4) is 0 Å². The molecule has 146 valence electrons. The van der Waals surface area contributed by atoms with Gasteiger partial charge in [0.1, 0.15) is 24.2 Å². The molecule has 1 saturated heterocycles. The van der Waals surface area contributed by atoms with Crippen LogP contribution in [0.15, 0.2) is 41.5 Å². The first-order valence-corrected chi connectivity index (χ1v) is 8.59. The second-order valence-corrected chi connectivity index (χ2v) is 6.28. The smallest absolute Gasteiger partial charge is 0.329 e. The van der Waals surface area contributed by atoms with Gasteiger partial charge < -0.3 is 25.3 Å². The molecule has 28 heavy (non-hydrogen) atoms. The zero-order valence-electron chi connectivity index (χ0n) is 14.6. The molecule has 11 heteroatoms. The molecule has 1 fully saturated rings. The minimum absolute atomic E-state index is 0.117. The Labute approximate surface area is 158 Å². The lowest BCUT2D eigenvalue weighted by atomic mass is 10.2. The molecule has 3 atom stereocenters. The molecule has 3 heterocycles. The van der Waals surface area contributed by atoms with Gasteiger partial charge in [-0.3, -0.25) is 5.32 Å². The van der Waals surface area contributed by atoms with Gasteiger partial charge in [-0.25, -0.2) is 24.1 Å². The number of hydrogen-bond donors (Lipinski definition) is 5. The molecule has 1 unspecified atom stereocenters. The summed E-state index contributed by atoms with van der Waals surface area (Å²) < 4.78 is 6.77. The van der Waals surface area contributed by atoms with E-state index < -0.39 is 30.2 Å². The molecule has 5 N–H and O–H groups in total. The molecule has 0 saturated carbocycles. The van der Waals surface area contributed by atoms with Gasteiger partial charge in [0.25, 0.3) is 0 Å². The Bertz CT molecular complexity index is 1050. The van der Waals surface area contributed by atoms with Crippen LogP contribution >= 0.6 is 0 Å². The van der Waals surface area contributed by atoms with Gasteiger partial charge in [-0.15, -0.1) is 0 Å². The van der Waals surface area contributed by atoms with Gasteiger partial charge in [-0.2, -0.15) is 0 Å². The molecule has 0 radical (unpaired) electrons. The van der Waals surface area contributed by atoms with E-state index >= 15 is 0 Å². The summed E-state index contributed by atoms with van der Waals surface area (Å²) in [6, 6.07) is 8.32. The number of imidazole rings is 1. The van der Waals surface area contributed by atoms with Gasteiger partial charge in [-0.05, 0) is 12.1 Å². The Kier molecular flexibility index (Phi) is 4.77. The number of aliphatic hydroxyl groups excluding tert-OH is 2. The Balaban J connectivity index is 1.61. The van der Waals surface area contributed by atoms with Gasteiger partial charge in [-0.1, -0.05) is 18.2 Å². The first-order valence-electron chi connectivity index (χ1n) is 8.59. The molecule has 0 aliphatic carbocycles. The SMILES string of the molecule is O=C(Nc1ccccc1)Nc1ncnc2c1[nH]c(=O)n2[C@H]1C[C@@H](O)C(CO)O1. The van der Waals surface area contributed by atoms with E-state index in [4.69, 9.17) is 4.74 Å². The summed E-state index contributed by atoms with van der Waals surface area (Å²) in [6.07, 6.45) is -1.14. The second kappa shape index (κ2) is 7.38. The summed E-state index contributed by atoms with van der Waals surface area (Å²) in [7, 11) is 0. The molecule has 4 rings (SSSR count). The van der Waals surface area contributed by atoms with Gasteiger partial charge in [0.05, 0.1) is 12.7 Å². The van der Waals surface area contributed by atoms with E-state index in [0.717, 1.165) is 0 Å².